The number of benzene rings is 1. The summed E-state index contributed by atoms with van der Waals surface area (Å²) in [6.45, 7) is 6.89. The van der Waals surface area contributed by atoms with Crippen molar-refractivity contribution in [1.82, 2.24) is 0 Å². The van der Waals surface area contributed by atoms with Gasteiger partial charge in [-0.15, -0.1) is 0 Å². The third-order valence-electron chi connectivity index (χ3n) is 4.98. The second kappa shape index (κ2) is 6.78. The first kappa shape index (κ1) is 17.0. The van der Waals surface area contributed by atoms with Crippen LogP contribution in [0.15, 0.2) is 22.7 Å². The van der Waals surface area contributed by atoms with Crippen molar-refractivity contribution >= 4 is 15.9 Å². The van der Waals surface area contributed by atoms with Gasteiger partial charge in [0.2, 0.25) is 0 Å². The van der Waals surface area contributed by atoms with Gasteiger partial charge in [-0.2, -0.15) is 0 Å². The van der Waals surface area contributed by atoms with E-state index in [1.165, 1.54) is 18.9 Å². The van der Waals surface area contributed by atoms with E-state index in [0.29, 0.717) is 23.3 Å². The molecule has 21 heavy (non-hydrogen) atoms. The smallest absolute Gasteiger partial charge is 0.126 e. The van der Waals surface area contributed by atoms with Crippen LogP contribution in [0.25, 0.3) is 0 Å². The van der Waals surface area contributed by atoms with E-state index in [4.69, 9.17) is 0 Å². The minimum atomic E-state index is -0.435. The molecule has 0 aliphatic heterocycles. The lowest BCUT2D eigenvalue weighted by molar-refractivity contribution is 0.0532. The average Bonchev–Trinajstić information content (AvgIpc) is 2.42. The van der Waals surface area contributed by atoms with Crippen LogP contribution < -0.4 is 0 Å². The van der Waals surface area contributed by atoms with Crippen LogP contribution in [0, 0.1) is 23.1 Å². The number of rotatable bonds is 3. The number of hydrogen-bond donors (Lipinski definition) is 1. The van der Waals surface area contributed by atoms with E-state index in [9.17, 15) is 9.50 Å². The largest absolute Gasteiger partial charge is 0.392 e. The Labute approximate surface area is 136 Å². The summed E-state index contributed by atoms with van der Waals surface area (Å²) in [6.07, 6.45) is 4.43. The van der Waals surface area contributed by atoms with Crippen molar-refractivity contribution in [2.75, 3.05) is 0 Å². The second-order valence-corrected chi connectivity index (χ2v) is 8.40. The predicted octanol–water partition coefficient (Wildman–Crippen LogP) is 5.34. The first-order valence-electron chi connectivity index (χ1n) is 7.89. The van der Waals surface area contributed by atoms with E-state index in [2.05, 4.69) is 36.7 Å². The lowest BCUT2D eigenvalue weighted by Gasteiger charge is -2.38. The zero-order valence-corrected chi connectivity index (χ0v) is 14.8. The van der Waals surface area contributed by atoms with Crippen LogP contribution >= 0.6 is 15.9 Å². The highest BCUT2D eigenvalue weighted by Gasteiger charge is 2.32. The van der Waals surface area contributed by atoms with Gasteiger partial charge in [0.15, 0.2) is 0 Å². The van der Waals surface area contributed by atoms with Gasteiger partial charge >= 0.3 is 0 Å². The molecular formula is C18H26BrFO. The van der Waals surface area contributed by atoms with Gasteiger partial charge in [-0.25, -0.2) is 4.39 Å². The molecule has 0 heterocycles. The molecule has 0 radical (unpaired) electrons. The van der Waals surface area contributed by atoms with Gasteiger partial charge in [-0.05, 0) is 66.7 Å². The molecule has 0 amide bonds. The van der Waals surface area contributed by atoms with Crippen molar-refractivity contribution in [2.24, 2.45) is 17.3 Å². The van der Waals surface area contributed by atoms with Crippen molar-refractivity contribution in [3.05, 3.63) is 34.1 Å². The van der Waals surface area contributed by atoms with Gasteiger partial charge in [-0.1, -0.05) is 36.7 Å². The molecule has 0 bridgehead atoms. The molecule has 1 aromatic carbocycles. The Kier molecular flexibility index (Phi) is 5.48. The normalized spacial score (nSPS) is 24.9. The molecule has 0 spiro atoms. The van der Waals surface area contributed by atoms with Gasteiger partial charge in [0.25, 0.3) is 0 Å². The van der Waals surface area contributed by atoms with E-state index in [-0.39, 0.29) is 5.82 Å². The Morgan fingerprint density at radius 3 is 2.43 bits per heavy atom. The zero-order chi connectivity index (χ0) is 15.6. The maximum Gasteiger partial charge on any atom is 0.126 e. The molecule has 1 fully saturated rings. The molecule has 1 saturated carbocycles. The minimum absolute atomic E-state index is 0.222. The number of aliphatic hydroxyl groups is 1. The first-order valence-corrected chi connectivity index (χ1v) is 8.68. The zero-order valence-electron chi connectivity index (χ0n) is 13.2. The van der Waals surface area contributed by atoms with E-state index < -0.39 is 6.10 Å². The minimum Gasteiger partial charge on any atom is -0.392 e. The molecule has 0 saturated heterocycles. The maximum atomic E-state index is 13.8. The van der Waals surface area contributed by atoms with Crippen LogP contribution in [0.2, 0.25) is 0 Å². The number of aliphatic hydroxyl groups excluding tert-OH is 1. The molecule has 1 aliphatic rings. The van der Waals surface area contributed by atoms with Crippen LogP contribution in [0.3, 0.4) is 0 Å². The highest BCUT2D eigenvalue weighted by atomic mass is 79.9. The Morgan fingerprint density at radius 1 is 1.24 bits per heavy atom. The van der Waals surface area contributed by atoms with Gasteiger partial charge in [0.1, 0.15) is 5.82 Å². The molecule has 0 aromatic heterocycles. The van der Waals surface area contributed by atoms with E-state index in [1.807, 2.05) is 0 Å². The Hall–Kier alpha value is -0.410. The van der Waals surface area contributed by atoms with Gasteiger partial charge in [0, 0.05) is 10.9 Å². The first-order chi connectivity index (χ1) is 9.77. The average molecular weight is 357 g/mol. The van der Waals surface area contributed by atoms with E-state index >= 15 is 0 Å². The third kappa shape index (κ3) is 4.53. The lowest BCUT2D eigenvalue weighted by Crippen LogP contribution is -2.31. The van der Waals surface area contributed by atoms with Crippen LogP contribution in [-0.2, 0) is 6.42 Å². The second-order valence-electron chi connectivity index (χ2n) is 7.48. The highest BCUT2D eigenvalue weighted by Crippen LogP contribution is 2.41. The van der Waals surface area contributed by atoms with Crippen molar-refractivity contribution in [1.29, 1.82) is 0 Å². The Bertz CT molecular complexity index is 473. The summed E-state index contributed by atoms with van der Waals surface area (Å²) >= 11 is 3.36. The molecule has 3 heteroatoms. The molecule has 118 valence electrons. The molecule has 1 nitrogen and oxygen atoms in total. The monoisotopic (exact) mass is 356 g/mol. The standard InChI is InChI=1S/C18H26BrFO/c1-18(2,3)14-6-4-12(5-7-14)17(21)11-13-10-15(19)8-9-16(13)20/h8-10,12,14,17,21H,4-7,11H2,1-3H3. The summed E-state index contributed by atoms with van der Waals surface area (Å²) in [5.41, 5.74) is 0.960. The Balaban J connectivity index is 1.93. The lowest BCUT2D eigenvalue weighted by atomic mass is 9.68. The quantitative estimate of drug-likeness (QED) is 0.774. The molecule has 1 unspecified atom stereocenters. The third-order valence-corrected chi connectivity index (χ3v) is 5.47. The summed E-state index contributed by atoms with van der Waals surface area (Å²) in [6, 6.07) is 4.93. The molecule has 1 aliphatic carbocycles. The maximum absolute atomic E-state index is 13.8. The van der Waals surface area contributed by atoms with Crippen molar-refractivity contribution in [3.63, 3.8) is 0 Å². The summed E-state index contributed by atoms with van der Waals surface area (Å²) in [5.74, 6) is 0.825. The van der Waals surface area contributed by atoms with E-state index in [0.717, 1.165) is 23.2 Å². The molecule has 1 N–H and O–H groups in total. The van der Waals surface area contributed by atoms with Crippen molar-refractivity contribution in [3.8, 4) is 0 Å². The van der Waals surface area contributed by atoms with Gasteiger partial charge < -0.3 is 5.11 Å². The molecule has 1 atom stereocenters. The van der Waals surface area contributed by atoms with Crippen molar-refractivity contribution < 1.29 is 9.50 Å². The fourth-order valence-corrected chi connectivity index (χ4v) is 3.87. The van der Waals surface area contributed by atoms with Crippen molar-refractivity contribution in [2.45, 2.75) is 59.0 Å². The van der Waals surface area contributed by atoms with Gasteiger partial charge in [0.05, 0.1) is 6.10 Å². The van der Waals surface area contributed by atoms with E-state index in [1.54, 1.807) is 12.1 Å². The Morgan fingerprint density at radius 2 is 1.86 bits per heavy atom. The van der Waals surface area contributed by atoms with Crippen LogP contribution in [0.5, 0.6) is 0 Å². The topological polar surface area (TPSA) is 20.2 Å². The summed E-state index contributed by atoms with van der Waals surface area (Å²) in [4.78, 5) is 0. The number of halogens is 2. The summed E-state index contributed by atoms with van der Waals surface area (Å²) in [7, 11) is 0. The number of hydrogen-bond acceptors (Lipinski definition) is 1. The molecule has 2 rings (SSSR count). The van der Waals surface area contributed by atoms with Crippen LogP contribution in [0.4, 0.5) is 4.39 Å². The van der Waals surface area contributed by atoms with Crippen LogP contribution in [0.1, 0.15) is 52.0 Å². The summed E-state index contributed by atoms with van der Waals surface area (Å²) in [5, 5.41) is 10.4. The highest BCUT2D eigenvalue weighted by molar-refractivity contribution is 9.10. The SMILES string of the molecule is CC(C)(C)C1CCC(C(O)Cc2cc(Br)ccc2F)CC1. The molecule has 1 aromatic rings. The molecular weight excluding hydrogens is 331 g/mol. The fraction of sp³-hybridized carbons (Fsp3) is 0.667. The summed E-state index contributed by atoms with van der Waals surface area (Å²) < 4.78 is 14.6. The van der Waals surface area contributed by atoms with Crippen LogP contribution in [-0.4, -0.2) is 11.2 Å². The van der Waals surface area contributed by atoms with Gasteiger partial charge in [-0.3, -0.25) is 0 Å². The predicted molar refractivity (Wildman–Crippen MR) is 88.7 cm³/mol. The fourth-order valence-electron chi connectivity index (χ4n) is 3.46.